The van der Waals surface area contributed by atoms with Gasteiger partial charge >= 0.3 is 6.18 Å². The highest BCUT2D eigenvalue weighted by Gasteiger charge is 2.30. The smallest absolute Gasteiger partial charge is 0.416 e. The van der Waals surface area contributed by atoms with Gasteiger partial charge in [-0.1, -0.05) is 13.2 Å². The molecule has 1 N–H and O–H groups in total. The Morgan fingerprint density at radius 2 is 1.88 bits per heavy atom. The number of hydrogen-bond acceptors (Lipinski definition) is 6. The van der Waals surface area contributed by atoms with Gasteiger partial charge in [-0.15, -0.1) is 0 Å². The van der Waals surface area contributed by atoms with Crippen molar-refractivity contribution in [3.05, 3.63) is 73.2 Å². The molecule has 1 saturated heterocycles. The third kappa shape index (κ3) is 4.32. The molecule has 2 aromatic carbocycles. The average molecular weight is 442 g/mol. The molecule has 166 valence electrons. The number of fused-ring (bicyclic) bond motifs is 1. The van der Waals surface area contributed by atoms with Crippen molar-refractivity contribution < 1.29 is 22.6 Å². The van der Waals surface area contributed by atoms with Crippen LogP contribution in [0.5, 0.6) is 11.5 Å². The molecule has 0 aliphatic carbocycles. The number of rotatable bonds is 7. The van der Waals surface area contributed by atoms with E-state index >= 15 is 0 Å². The summed E-state index contributed by atoms with van der Waals surface area (Å²) in [5.41, 5.74) is 1.19. The molecule has 0 atom stereocenters. The number of anilines is 2. The number of nitrogens with zero attached hydrogens (tertiary/aromatic N) is 3. The highest BCUT2D eigenvalue weighted by atomic mass is 19.4. The normalized spacial score (nSPS) is 14.1. The number of benzene rings is 2. The maximum Gasteiger partial charge on any atom is 0.416 e. The number of ether oxygens (including phenoxy) is 2. The van der Waals surface area contributed by atoms with E-state index in [9.17, 15) is 13.2 Å². The first-order valence-corrected chi connectivity index (χ1v) is 9.78. The molecular formula is C23H21F3N4O2. The zero-order chi connectivity index (χ0) is 22.9. The Bertz CT molecular complexity index is 1160. The molecule has 0 radical (unpaired) electrons. The van der Waals surface area contributed by atoms with Gasteiger partial charge in [0.25, 0.3) is 0 Å². The van der Waals surface area contributed by atoms with Crippen LogP contribution in [0.2, 0.25) is 0 Å². The van der Waals surface area contributed by atoms with Gasteiger partial charge in [0.1, 0.15) is 18.2 Å². The first-order valence-electron chi connectivity index (χ1n) is 9.78. The summed E-state index contributed by atoms with van der Waals surface area (Å²) in [4.78, 5) is 10.6. The molecule has 9 heteroatoms. The second-order valence-electron chi connectivity index (χ2n) is 7.28. The van der Waals surface area contributed by atoms with Gasteiger partial charge in [0.2, 0.25) is 0 Å². The van der Waals surface area contributed by atoms with Crippen molar-refractivity contribution in [2.24, 2.45) is 0 Å². The minimum absolute atomic E-state index is 0.0472. The predicted molar refractivity (Wildman–Crippen MR) is 116 cm³/mol. The second kappa shape index (κ2) is 8.41. The van der Waals surface area contributed by atoms with Crippen molar-refractivity contribution in [3.8, 4) is 11.5 Å². The summed E-state index contributed by atoms with van der Waals surface area (Å²) in [7, 11) is 1.54. The lowest BCUT2D eigenvalue weighted by molar-refractivity contribution is -0.137. The minimum Gasteiger partial charge on any atom is -0.493 e. The van der Waals surface area contributed by atoms with Crippen LogP contribution in [-0.2, 0) is 6.18 Å². The number of hydrogen-bond donors (Lipinski definition) is 1. The summed E-state index contributed by atoms with van der Waals surface area (Å²) in [6, 6.07) is 8.25. The molecule has 32 heavy (non-hydrogen) atoms. The lowest BCUT2D eigenvalue weighted by Crippen LogP contribution is -2.52. The van der Waals surface area contributed by atoms with Crippen molar-refractivity contribution in [2.45, 2.75) is 12.3 Å². The number of aromatic nitrogens is 2. The van der Waals surface area contributed by atoms with Crippen LogP contribution in [-0.4, -0.2) is 41.2 Å². The molecule has 3 aromatic rings. The van der Waals surface area contributed by atoms with E-state index in [0.717, 1.165) is 17.8 Å². The van der Waals surface area contributed by atoms with E-state index in [1.165, 1.54) is 18.5 Å². The average Bonchev–Trinajstić information content (AvgIpc) is 2.75. The molecule has 6 nitrogen and oxygen atoms in total. The van der Waals surface area contributed by atoms with Gasteiger partial charge in [-0.3, -0.25) is 0 Å². The second-order valence-corrected chi connectivity index (χ2v) is 7.28. The van der Waals surface area contributed by atoms with Crippen LogP contribution in [0.1, 0.15) is 5.56 Å². The monoisotopic (exact) mass is 442 g/mol. The van der Waals surface area contributed by atoms with Crippen LogP contribution < -0.4 is 14.8 Å². The van der Waals surface area contributed by atoms with E-state index in [2.05, 4.69) is 28.4 Å². The number of likely N-dealkylation sites (tertiary alicyclic amines) is 1. The number of methoxy groups -OCH3 is 1. The molecular weight excluding hydrogens is 421 g/mol. The number of nitrogens with one attached hydrogen (secondary N) is 1. The number of alkyl halides is 3. The van der Waals surface area contributed by atoms with Gasteiger partial charge in [-0.2, -0.15) is 13.2 Å². The molecule has 0 spiro atoms. The van der Waals surface area contributed by atoms with Crippen LogP contribution in [0.15, 0.2) is 67.7 Å². The van der Waals surface area contributed by atoms with E-state index in [1.807, 2.05) is 4.90 Å². The van der Waals surface area contributed by atoms with Gasteiger partial charge in [-0.05, 0) is 36.4 Å². The van der Waals surface area contributed by atoms with E-state index in [0.29, 0.717) is 47.0 Å². The highest BCUT2D eigenvalue weighted by molar-refractivity contribution is 5.93. The van der Waals surface area contributed by atoms with E-state index < -0.39 is 11.7 Å². The summed E-state index contributed by atoms with van der Waals surface area (Å²) in [6.07, 6.45) is -1.37. The molecule has 4 rings (SSSR count). The molecule has 1 fully saturated rings. The SMILES string of the molecule is C=CC(=C)N1CC(Oc2cc3c(Nc4ccc(C(F)(F)F)cc4)ncnc3cc2OC)C1. The zero-order valence-electron chi connectivity index (χ0n) is 17.3. The molecule has 0 unspecified atom stereocenters. The van der Waals surface area contributed by atoms with E-state index in [-0.39, 0.29) is 6.10 Å². The van der Waals surface area contributed by atoms with Crippen LogP contribution in [0.25, 0.3) is 10.9 Å². The minimum atomic E-state index is -4.39. The predicted octanol–water partition coefficient (Wildman–Crippen LogP) is 5.16. The Labute approximate surface area is 183 Å². The fraction of sp³-hybridized carbons (Fsp3) is 0.217. The summed E-state index contributed by atoms with van der Waals surface area (Å²) in [5, 5.41) is 3.70. The van der Waals surface area contributed by atoms with Crippen LogP contribution in [0.4, 0.5) is 24.7 Å². The maximum atomic E-state index is 12.8. The van der Waals surface area contributed by atoms with E-state index in [1.54, 1.807) is 25.3 Å². The summed E-state index contributed by atoms with van der Waals surface area (Å²) in [6.45, 7) is 8.99. The van der Waals surface area contributed by atoms with Gasteiger partial charge in [0, 0.05) is 22.8 Å². The standard InChI is InChI=1S/C23H21F3N4O2/c1-4-14(2)30-11-17(12-30)32-21-9-18-19(10-20(21)31-3)27-13-28-22(18)29-16-7-5-15(6-8-16)23(24,25)26/h4-10,13,17H,1-2,11-12H2,3H3,(H,27,28,29). The van der Waals surface area contributed by atoms with Gasteiger partial charge < -0.3 is 19.7 Å². The first-order chi connectivity index (χ1) is 15.3. The van der Waals surface area contributed by atoms with Gasteiger partial charge in [0.15, 0.2) is 11.5 Å². The zero-order valence-corrected chi connectivity index (χ0v) is 17.3. The van der Waals surface area contributed by atoms with Crippen molar-refractivity contribution in [1.29, 1.82) is 0 Å². The van der Waals surface area contributed by atoms with Crippen LogP contribution in [0.3, 0.4) is 0 Å². The lowest BCUT2D eigenvalue weighted by Gasteiger charge is -2.41. The fourth-order valence-corrected chi connectivity index (χ4v) is 3.35. The molecule has 0 amide bonds. The van der Waals surface area contributed by atoms with Gasteiger partial charge in [0.05, 0.1) is 31.3 Å². The molecule has 1 aliphatic rings. The number of halogens is 3. The molecule has 0 saturated carbocycles. The lowest BCUT2D eigenvalue weighted by atomic mass is 10.1. The Kier molecular flexibility index (Phi) is 5.65. The fourth-order valence-electron chi connectivity index (χ4n) is 3.35. The van der Waals surface area contributed by atoms with Crippen LogP contribution in [0, 0.1) is 0 Å². The molecule has 1 aliphatic heterocycles. The summed E-state index contributed by atoms with van der Waals surface area (Å²) in [5.74, 6) is 1.49. The Hall–Kier alpha value is -3.75. The first kappa shape index (κ1) is 21.5. The highest BCUT2D eigenvalue weighted by Crippen LogP contribution is 2.37. The van der Waals surface area contributed by atoms with Crippen LogP contribution >= 0.6 is 0 Å². The summed E-state index contributed by atoms with van der Waals surface area (Å²) < 4.78 is 50.0. The Morgan fingerprint density at radius 3 is 2.50 bits per heavy atom. The third-order valence-electron chi connectivity index (χ3n) is 5.18. The third-order valence-corrected chi connectivity index (χ3v) is 5.18. The summed E-state index contributed by atoms with van der Waals surface area (Å²) >= 11 is 0. The Morgan fingerprint density at radius 1 is 1.16 bits per heavy atom. The van der Waals surface area contributed by atoms with E-state index in [4.69, 9.17) is 9.47 Å². The van der Waals surface area contributed by atoms with Crippen molar-refractivity contribution in [3.63, 3.8) is 0 Å². The molecule has 2 heterocycles. The van der Waals surface area contributed by atoms with Crippen molar-refractivity contribution in [1.82, 2.24) is 14.9 Å². The van der Waals surface area contributed by atoms with Crippen molar-refractivity contribution >= 4 is 22.4 Å². The molecule has 1 aromatic heterocycles. The quantitative estimate of drug-likeness (QED) is 0.510. The maximum absolute atomic E-state index is 12.8. The Balaban J connectivity index is 1.59. The topological polar surface area (TPSA) is 59.5 Å². The van der Waals surface area contributed by atoms with Gasteiger partial charge in [-0.25, -0.2) is 9.97 Å². The molecule has 0 bridgehead atoms. The largest absolute Gasteiger partial charge is 0.493 e. The van der Waals surface area contributed by atoms with Crippen molar-refractivity contribution in [2.75, 3.05) is 25.5 Å². The number of allylic oxidation sites excluding steroid dienone is 1.